The van der Waals surface area contributed by atoms with E-state index < -0.39 is 34.8 Å². The number of piperidine rings is 1. The molecule has 2 rings (SSSR count). The van der Waals surface area contributed by atoms with Crippen LogP contribution in [0.25, 0.3) is 0 Å². The maximum Gasteiger partial charge on any atom is 0.261 e. The Morgan fingerprint density at radius 3 is 2.33 bits per heavy atom. The fourth-order valence-electron chi connectivity index (χ4n) is 2.56. The van der Waals surface area contributed by atoms with Crippen LogP contribution in [-0.4, -0.2) is 30.9 Å². The molecule has 0 spiro atoms. The van der Waals surface area contributed by atoms with E-state index in [9.17, 15) is 22.8 Å². The van der Waals surface area contributed by atoms with Gasteiger partial charge in [0.2, 0.25) is 0 Å². The molecule has 27 heavy (non-hydrogen) atoms. The molecule has 1 fully saturated rings. The van der Waals surface area contributed by atoms with E-state index in [0.29, 0.717) is 12.1 Å². The highest BCUT2D eigenvalue weighted by atomic mass is 127. The molecule has 0 saturated carbocycles. The van der Waals surface area contributed by atoms with Crippen molar-refractivity contribution < 1.29 is 22.8 Å². The highest BCUT2D eigenvalue weighted by molar-refractivity contribution is 14.1. The van der Waals surface area contributed by atoms with Gasteiger partial charge in [-0.3, -0.25) is 9.59 Å². The molecule has 0 aliphatic carbocycles. The molecular weight excluding hydrogens is 476 g/mol. The molecule has 4 N–H and O–H groups in total. The number of hydrogen-bond acceptors (Lipinski definition) is 4. The number of rotatable bonds is 6. The van der Waals surface area contributed by atoms with Crippen molar-refractivity contribution in [2.24, 2.45) is 0 Å². The number of halogens is 4. The zero-order valence-electron chi connectivity index (χ0n) is 14.2. The Hall–Kier alpha value is -2.08. The van der Waals surface area contributed by atoms with E-state index in [-0.39, 0.29) is 17.3 Å². The molecule has 1 aromatic rings. The SMILES string of the molecule is C=C(C(=O)NC1CCNCC1)/C(=C\NI)NC(=O)c1c(F)cc(F)cc1F. The van der Waals surface area contributed by atoms with E-state index in [4.69, 9.17) is 0 Å². The summed E-state index contributed by atoms with van der Waals surface area (Å²) in [5.41, 5.74) is -1.11. The van der Waals surface area contributed by atoms with Crippen LogP contribution in [0.3, 0.4) is 0 Å². The summed E-state index contributed by atoms with van der Waals surface area (Å²) in [6.07, 6.45) is 2.75. The third-order valence-corrected chi connectivity index (χ3v) is 4.27. The van der Waals surface area contributed by atoms with Gasteiger partial charge in [0.1, 0.15) is 23.0 Å². The van der Waals surface area contributed by atoms with Gasteiger partial charge in [0, 0.05) is 24.4 Å². The van der Waals surface area contributed by atoms with Crippen LogP contribution in [0, 0.1) is 17.5 Å². The molecule has 1 aliphatic rings. The first-order valence-corrected chi connectivity index (χ1v) is 9.14. The minimum Gasteiger partial charge on any atom is -0.349 e. The zero-order chi connectivity index (χ0) is 20.0. The molecule has 0 atom stereocenters. The molecule has 146 valence electrons. The van der Waals surface area contributed by atoms with Crippen LogP contribution in [0.15, 0.2) is 36.2 Å². The first-order chi connectivity index (χ1) is 12.8. The van der Waals surface area contributed by atoms with Gasteiger partial charge in [-0.15, -0.1) is 0 Å². The monoisotopic (exact) mass is 494 g/mol. The summed E-state index contributed by atoms with van der Waals surface area (Å²) in [4.78, 5) is 24.6. The second-order valence-corrected chi connectivity index (χ2v) is 6.46. The van der Waals surface area contributed by atoms with Crippen molar-refractivity contribution >= 4 is 34.7 Å². The average molecular weight is 494 g/mol. The molecular formula is C17H18F3IN4O2. The van der Waals surface area contributed by atoms with Gasteiger partial charge >= 0.3 is 0 Å². The number of nitrogens with one attached hydrogen (secondary N) is 4. The molecule has 1 heterocycles. The van der Waals surface area contributed by atoms with Crippen LogP contribution in [0.5, 0.6) is 0 Å². The van der Waals surface area contributed by atoms with Crippen LogP contribution in [-0.2, 0) is 4.79 Å². The number of benzene rings is 1. The third-order valence-electron chi connectivity index (χ3n) is 3.95. The first-order valence-electron chi connectivity index (χ1n) is 8.06. The molecule has 1 saturated heterocycles. The topological polar surface area (TPSA) is 82.3 Å². The van der Waals surface area contributed by atoms with E-state index in [0.717, 1.165) is 25.9 Å². The minimum atomic E-state index is -1.35. The molecule has 6 nitrogen and oxygen atoms in total. The van der Waals surface area contributed by atoms with Gasteiger partial charge in [-0.25, -0.2) is 13.2 Å². The second kappa shape index (κ2) is 9.74. The van der Waals surface area contributed by atoms with Crippen molar-refractivity contribution in [1.82, 2.24) is 19.5 Å². The Kier molecular flexibility index (Phi) is 7.66. The highest BCUT2D eigenvalue weighted by Crippen LogP contribution is 2.16. The summed E-state index contributed by atoms with van der Waals surface area (Å²) in [5, 5.41) is 8.20. The van der Waals surface area contributed by atoms with Crippen molar-refractivity contribution in [3.63, 3.8) is 0 Å². The van der Waals surface area contributed by atoms with Crippen LogP contribution in [0.4, 0.5) is 13.2 Å². The predicted molar refractivity (Wildman–Crippen MR) is 102 cm³/mol. The van der Waals surface area contributed by atoms with Gasteiger partial charge < -0.3 is 19.5 Å². The fraction of sp³-hybridized carbons (Fsp3) is 0.294. The van der Waals surface area contributed by atoms with Crippen LogP contribution in [0.2, 0.25) is 0 Å². The Balaban J connectivity index is 2.12. The first kappa shape index (κ1) is 21.2. The maximum atomic E-state index is 13.8. The van der Waals surface area contributed by atoms with Crippen molar-refractivity contribution in [1.29, 1.82) is 0 Å². The second-order valence-electron chi connectivity index (χ2n) is 5.84. The Morgan fingerprint density at radius 1 is 1.19 bits per heavy atom. The number of amides is 2. The zero-order valence-corrected chi connectivity index (χ0v) is 16.3. The van der Waals surface area contributed by atoms with E-state index in [1.807, 2.05) is 0 Å². The molecule has 10 heteroatoms. The molecule has 0 unspecified atom stereocenters. The Labute approximate surface area is 168 Å². The van der Waals surface area contributed by atoms with Gasteiger partial charge in [-0.1, -0.05) is 6.58 Å². The normalized spacial score (nSPS) is 15.2. The molecule has 0 aromatic heterocycles. The largest absolute Gasteiger partial charge is 0.349 e. The van der Waals surface area contributed by atoms with Crippen molar-refractivity contribution in [3.8, 4) is 0 Å². The molecule has 2 amide bonds. The third kappa shape index (κ3) is 5.70. The van der Waals surface area contributed by atoms with Gasteiger partial charge in [-0.05, 0) is 25.9 Å². The minimum absolute atomic E-state index is 0.0352. The molecule has 0 radical (unpaired) electrons. The molecule has 1 aliphatic heterocycles. The smallest absolute Gasteiger partial charge is 0.261 e. The number of hydrogen-bond donors (Lipinski definition) is 4. The van der Waals surface area contributed by atoms with Crippen molar-refractivity contribution in [2.45, 2.75) is 18.9 Å². The van der Waals surface area contributed by atoms with E-state index in [2.05, 4.69) is 26.1 Å². The summed E-state index contributed by atoms with van der Waals surface area (Å²) in [6.45, 7) is 5.19. The highest BCUT2D eigenvalue weighted by Gasteiger charge is 2.23. The lowest BCUT2D eigenvalue weighted by molar-refractivity contribution is -0.118. The number of carbonyl (C=O) groups excluding carboxylic acids is 2. The van der Waals surface area contributed by atoms with E-state index in [1.165, 1.54) is 6.20 Å². The van der Waals surface area contributed by atoms with E-state index in [1.54, 1.807) is 22.9 Å². The predicted octanol–water partition coefficient (Wildman–Crippen LogP) is 2.04. The molecule has 0 bridgehead atoms. The van der Waals surface area contributed by atoms with Crippen LogP contribution < -0.4 is 19.5 Å². The van der Waals surface area contributed by atoms with Gasteiger partial charge in [0.15, 0.2) is 0 Å². The lowest BCUT2D eigenvalue weighted by Crippen LogP contribution is -2.44. The Morgan fingerprint density at radius 2 is 1.78 bits per heavy atom. The Bertz CT molecular complexity index is 756. The van der Waals surface area contributed by atoms with E-state index >= 15 is 0 Å². The quantitative estimate of drug-likeness (QED) is 0.211. The van der Waals surface area contributed by atoms with Gasteiger partial charge in [0.05, 0.1) is 34.1 Å². The summed E-state index contributed by atoms with van der Waals surface area (Å²) >= 11 is 1.74. The fourth-order valence-corrected chi connectivity index (χ4v) is 2.87. The lowest BCUT2D eigenvalue weighted by atomic mass is 10.1. The summed E-state index contributed by atoms with van der Waals surface area (Å²) in [7, 11) is 0. The summed E-state index contributed by atoms with van der Waals surface area (Å²) in [5.74, 6) is -5.52. The average Bonchev–Trinajstić information content (AvgIpc) is 2.60. The summed E-state index contributed by atoms with van der Waals surface area (Å²) < 4.78 is 43.2. The van der Waals surface area contributed by atoms with Gasteiger partial charge in [-0.2, -0.15) is 0 Å². The standard InChI is InChI=1S/C17H18F3IN4O2/c1-9(16(26)24-11-2-4-22-5-3-11)14(8-23-21)25-17(27)15-12(19)6-10(18)7-13(15)20/h6-8,11,22-23H,1-5H2,(H,24,26)(H,25,27)/b14-8+. The van der Waals surface area contributed by atoms with Crippen molar-refractivity contribution in [2.75, 3.05) is 13.1 Å². The van der Waals surface area contributed by atoms with Crippen LogP contribution >= 0.6 is 22.9 Å². The number of carbonyl (C=O) groups is 2. The molecule has 1 aromatic carbocycles. The summed E-state index contributed by atoms with van der Waals surface area (Å²) in [6, 6.07) is 0.764. The lowest BCUT2D eigenvalue weighted by Gasteiger charge is -2.24. The van der Waals surface area contributed by atoms with Crippen LogP contribution in [0.1, 0.15) is 23.2 Å². The van der Waals surface area contributed by atoms with Crippen molar-refractivity contribution in [3.05, 3.63) is 59.2 Å². The maximum absolute atomic E-state index is 13.8. The van der Waals surface area contributed by atoms with Gasteiger partial charge in [0.25, 0.3) is 11.8 Å².